The Balaban J connectivity index is 0.000000232. The van der Waals surface area contributed by atoms with Crippen LogP contribution in [0, 0.1) is 0 Å². The van der Waals surface area contributed by atoms with Crippen molar-refractivity contribution in [1.82, 2.24) is 0 Å². The number of fused-ring (bicyclic) bond motifs is 1. The highest BCUT2D eigenvalue weighted by Crippen LogP contribution is 2.18. The predicted octanol–water partition coefficient (Wildman–Crippen LogP) is 3.07. The lowest BCUT2D eigenvalue weighted by molar-refractivity contribution is 0.269. The molecule has 0 spiro atoms. The highest BCUT2D eigenvalue weighted by Gasteiger charge is 1.95. The Kier molecular flexibility index (Phi) is 7.33. The molecule has 0 saturated heterocycles. The molecule has 0 aliphatic heterocycles. The van der Waals surface area contributed by atoms with Gasteiger partial charge in [-0.15, -0.1) is 0 Å². The fourth-order valence-electron chi connectivity index (χ4n) is 1.77. The van der Waals surface area contributed by atoms with E-state index in [1.807, 2.05) is 6.92 Å². The van der Waals surface area contributed by atoms with Crippen LogP contribution in [0.25, 0.3) is 10.8 Å². The molecule has 0 N–H and O–H groups in total. The Bertz CT molecular complexity index is 448. The van der Waals surface area contributed by atoms with Crippen molar-refractivity contribution in [2.45, 2.75) is 20.3 Å². The topological polar surface area (TPSA) is 18.5 Å². The van der Waals surface area contributed by atoms with Crippen LogP contribution in [-0.2, 0) is 15.3 Å². The van der Waals surface area contributed by atoms with E-state index >= 15 is 0 Å². The summed E-state index contributed by atoms with van der Waals surface area (Å²) in [6.07, 6.45) is 1.11. The first kappa shape index (κ1) is 14.9. The molecule has 0 heterocycles. The number of hydrogen-bond donors (Lipinski definition) is 0. The molecule has 2 aromatic rings. The van der Waals surface area contributed by atoms with Gasteiger partial charge in [0.25, 0.3) is 0 Å². The summed E-state index contributed by atoms with van der Waals surface area (Å²) in [6, 6.07) is 15.0. The van der Waals surface area contributed by atoms with Crippen LogP contribution in [0.4, 0.5) is 0 Å². The van der Waals surface area contributed by atoms with Crippen molar-refractivity contribution in [1.29, 1.82) is 0 Å². The molecule has 18 heavy (non-hydrogen) atoms. The molecular weight excluding hydrogens is 240 g/mol. The Morgan fingerprint density at radius 1 is 1.00 bits per heavy atom. The summed E-state index contributed by atoms with van der Waals surface area (Å²) >= 11 is 0. The molecule has 0 aliphatic carbocycles. The van der Waals surface area contributed by atoms with E-state index in [2.05, 4.69) is 49.4 Å². The van der Waals surface area contributed by atoms with Crippen molar-refractivity contribution in [2.24, 2.45) is 0 Å². The zero-order chi connectivity index (χ0) is 13.2. The molecule has 2 aromatic carbocycles. The summed E-state index contributed by atoms with van der Waals surface area (Å²) in [4.78, 5) is 0. The molecule has 0 fully saturated rings. The van der Waals surface area contributed by atoms with Gasteiger partial charge in [0.05, 0.1) is 0 Å². The van der Waals surface area contributed by atoms with E-state index in [4.69, 9.17) is 8.85 Å². The lowest BCUT2D eigenvalue weighted by atomic mass is 10.0. The van der Waals surface area contributed by atoms with Crippen LogP contribution in [0.2, 0.25) is 0 Å². The second-order valence-electron chi connectivity index (χ2n) is 3.89. The molecule has 0 unspecified atom stereocenters. The minimum Gasteiger partial charge on any atom is -0.402 e. The van der Waals surface area contributed by atoms with Gasteiger partial charge in [-0.1, -0.05) is 49.4 Å². The van der Waals surface area contributed by atoms with Crippen LogP contribution in [0.15, 0.2) is 42.5 Å². The van der Waals surface area contributed by atoms with Crippen molar-refractivity contribution in [2.75, 3.05) is 13.7 Å². The normalized spacial score (nSPS) is 10.6. The van der Waals surface area contributed by atoms with Crippen LogP contribution in [0.5, 0.6) is 0 Å². The maximum atomic E-state index is 4.90. The van der Waals surface area contributed by atoms with Crippen molar-refractivity contribution in [3.8, 4) is 0 Å². The largest absolute Gasteiger partial charge is 0.402 e. The minimum absolute atomic E-state index is 0.578. The summed E-state index contributed by atoms with van der Waals surface area (Å²) in [7, 11) is 1.09. The van der Waals surface area contributed by atoms with Gasteiger partial charge in [-0.3, -0.25) is 0 Å². The van der Waals surface area contributed by atoms with E-state index in [0.29, 0.717) is 0 Å². The van der Waals surface area contributed by atoms with Gasteiger partial charge in [-0.25, -0.2) is 0 Å². The highest BCUT2D eigenvalue weighted by molar-refractivity contribution is 6.17. The molecule has 3 heteroatoms. The third kappa shape index (κ3) is 4.60. The summed E-state index contributed by atoms with van der Waals surface area (Å²) in [5, 5.41) is 2.74. The Labute approximate surface area is 112 Å². The van der Waals surface area contributed by atoms with E-state index in [1.54, 1.807) is 7.11 Å². The fourth-order valence-corrected chi connectivity index (χ4v) is 2.10. The summed E-state index contributed by atoms with van der Waals surface area (Å²) in [5.41, 5.74) is 1.44. The summed E-state index contributed by atoms with van der Waals surface area (Å²) in [5.74, 6) is 0. The Morgan fingerprint density at radius 3 is 2.33 bits per heavy atom. The van der Waals surface area contributed by atoms with E-state index in [1.165, 1.54) is 16.3 Å². The van der Waals surface area contributed by atoms with E-state index in [9.17, 15) is 0 Å². The average molecular weight is 262 g/mol. The van der Waals surface area contributed by atoms with Gasteiger partial charge in [0.15, 0.2) is 0 Å². The van der Waals surface area contributed by atoms with Crippen molar-refractivity contribution in [3.63, 3.8) is 0 Å². The molecule has 2 nitrogen and oxygen atoms in total. The summed E-state index contributed by atoms with van der Waals surface area (Å²) < 4.78 is 9.60. The SMILES string of the molecule is CCO[SiH2]OC.CCc1cccc2ccccc12. The smallest absolute Gasteiger partial charge is 0.304 e. The first-order valence-electron chi connectivity index (χ1n) is 6.36. The summed E-state index contributed by atoms with van der Waals surface area (Å²) in [6.45, 7) is 4.95. The zero-order valence-electron chi connectivity index (χ0n) is 11.5. The minimum atomic E-state index is -0.578. The number of benzene rings is 2. The van der Waals surface area contributed by atoms with Crippen LogP contribution in [-0.4, -0.2) is 23.7 Å². The molecular formula is C15H22O2Si. The Hall–Kier alpha value is -1.16. The zero-order valence-corrected chi connectivity index (χ0v) is 12.9. The monoisotopic (exact) mass is 262 g/mol. The molecule has 0 saturated carbocycles. The van der Waals surface area contributed by atoms with Gasteiger partial charge in [0.1, 0.15) is 0 Å². The second-order valence-corrected chi connectivity index (χ2v) is 5.11. The maximum Gasteiger partial charge on any atom is 0.304 e. The number of aryl methyl sites for hydroxylation is 1. The molecule has 2 rings (SSSR count). The molecule has 0 radical (unpaired) electrons. The molecule has 0 bridgehead atoms. The van der Waals surface area contributed by atoms with Gasteiger partial charge in [0.2, 0.25) is 0 Å². The van der Waals surface area contributed by atoms with Crippen molar-refractivity contribution in [3.05, 3.63) is 48.0 Å². The highest BCUT2D eigenvalue weighted by atomic mass is 28.3. The van der Waals surface area contributed by atoms with E-state index in [-0.39, 0.29) is 0 Å². The van der Waals surface area contributed by atoms with Gasteiger partial charge in [-0.05, 0) is 29.7 Å². The third-order valence-electron chi connectivity index (χ3n) is 2.67. The van der Waals surface area contributed by atoms with Crippen LogP contribution >= 0.6 is 0 Å². The van der Waals surface area contributed by atoms with Gasteiger partial charge in [-0.2, -0.15) is 0 Å². The lowest BCUT2D eigenvalue weighted by Crippen LogP contribution is -1.98. The first-order chi connectivity index (χ1) is 8.83. The van der Waals surface area contributed by atoms with Gasteiger partial charge in [0, 0.05) is 13.7 Å². The lowest BCUT2D eigenvalue weighted by Gasteiger charge is -2.02. The molecule has 0 aliphatic rings. The molecule has 0 amide bonds. The van der Waals surface area contributed by atoms with Crippen LogP contribution in [0.1, 0.15) is 19.4 Å². The third-order valence-corrected chi connectivity index (χ3v) is 3.48. The van der Waals surface area contributed by atoms with Gasteiger partial charge >= 0.3 is 10.0 Å². The van der Waals surface area contributed by atoms with Crippen LogP contribution < -0.4 is 0 Å². The molecule has 0 aromatic heterocycles. The first-order valence-corrected chi connectivity index (χ1v) is 7.52. The van der Waals surface area contributed by atoms with Gasteiger partial charge < -0.3 is 8.85 Å². The predicted molar refractivity (Wildman–Crippen MR) is 80.5 cm³/mol. The quantitative estimate of drug-likeness (QED) is 0.623. The average Bonchev–Trinajstić information content (AvgIpc) is 2.45. The molecule has 0 atom stereocenters. The van der Waals surface area contributed by atoms with E-state index in [0.717, 1.165) is 13.0 Å². The van der Waals surface area contributed by atoms with Crippen LogP contribution in [0.3, 0.4) is 0 Å². The van der Waals surface area contributed by atoms with Crippen molar-refractivity contribution >= 4 is 20.8 Å². The molecule has 98 valence electrons. The van der Waals surface area contributed by atoms with E-state index < -0.39 is 10.0 Å². The fraction of sp³-hybridized carbons (Fsp3) is 0.333. The number of hydrogen-bond acceptors (Lipinski definition) is 2. The second kappa shape index (κ2) is 8.86. The standard InChI is InChI=1S/C12H12.C3H10O2Si/c1-2-10-7-5-8-11-6-3-4-9-12(10)11;1-3-5-6-4-2/h3-9H,2H2,1H3;3,6H2,1-2H3. The maximum absolute atomic E-state index is 4.90. The Morgan fingerprint density at radius 2 is 1.72 bits per heavy atom. The number of rotatable bonds is 4. The van der Waals surface area contributed by atoms with Crippen molar-refractivity contribution < 1.29 is 8.85 Å².